The van der Waals surface area contributed by atoms with Crippen molar-refractivity contribution in [2.45, 2.75) is 0 Å². The molecule has 5 heteroatoms. The fourth-order valence-corrected chi connectivity index (χ4v) is 1.50. The molecule has 1 aromatic rings. The fourth-order valence-electron chi connectivity index (χ4n) is 1.35. The summed E-state index contributed by atoms with van der Waals surface area (Å²) in [6.07, 6.45) is 0. The molecule has 1 aliphatic rings. The van der Waals surface area contributed by atoms with Crippen LogP contribution in [0.5, 0.6) is 0 Å². The van der Waals surface area contributed by atoms with Crippen molar-refractivity contribution in [3.05, 3.63) is 23.1 Å². The zero-order valence-electron chi connectivity index (χ0n) is 7.53. The Morgan fingerprint density at radius 3 is 2.64 bits per heavy atom. The van der Waals surface area contributed by atoms with Crippen LogP contribution in [-0.2, 0) is 4.74 Å². The van der Waals surface area contributed by atoms with Gasteiger partial charge in [0.05, 0.1) is 13.2 Å². The molecule has 76 valence electrons. The molecule has 4 nitrogen and oxygen atoms in total. The summed E-state index contributed by atoms with van der Waals surface area (Å²) in [6.45, 7) is 2.38. The zero-order valence-corrected chi connectivity index (χ0v) is 8.29. The first-order chi connectivity index (χ1) is 6.77. The number of ether oxygens (including phenoxy) is 1. The van der Waals surface area contributed by atoms with E-state index < -0.39 is 0 Å². The number of morpholine rings is 1. The molecule has 1 aliphatic heterocycles. The molecule has 1 amide bonds. The van der Waals surface area contributed by atoms with Crippen molar-refractivity contribution >= 4 is 17.5 Å². The second-order valence-electron chi connectivity index (χ2n) is 3.01. The third kappa shape index (κ3) is 1.91. The van der Waals surface area contributed by atoms with Gasteiger partial charge in [-0.3, -0.25) is 4.79 Å². The molecule has 0 atom stereocenters. The summed E-state index contributed by atoms with van der Waals surface area (Å²) in [5, 5.41) is 0.238. The highest BCUT2D eigenvalue weighted by Crippen LogP contribution is 2.15. The molecule has 0 aliphatic carbocycles. The van der Waals surface area contributed by atoms with E-state index in [9.17, 15) is 4.79 Å². The molecule has 0 bridgehead atoms. The topological polar surface area (TPSA) is 42.7 Å². The number of hydrogen-bond donors (Lipinski definition) is 0. The van der Waals surface area contributed by atoms with Gasteiger partial charge < -0.3 is 14.1 Å². The lowest BCUT2D eigenvalue weighted by molar-refractivity contribution is 0.0283. The molecule has 1 saturated heterocycles. The van der Waals surface area contributed by atoms with E-state index in [4.69, 9.17) is 20.8 Å². The molecular weight excluding hydrogens is 206 g/mol. The number of furan rings is 1. The minimum Gasteiger partial charge on any atom is -0.440 e. The third-order valence-electron chi connectivity index (χ3n) is 2.08. The summed E-state index contributed by atoms with van der Waals surface area (Å²) >= 11 is 5.58. The van der Waals surface area contributed by atoms with Crippen LogP contribution in [0.3, 0.4) is 0 Å². The van der Waals surface area contributed by atoms with Gasteiger partial charge in [-0.2, -0.15) is 0 Å². The van der Waals surface area contributed by atoms with E-state index in [0.717, 1.165) is 0 Å². The first-order valence-electron chi connectivity index (χ1n) is 4.40. The van der Waals surface area contributed by atoms with Gasteiger partial charge in [-0.05, 0) is 23.7 Å². The monoisotopic (exact) mass is 215 g/mol. The second-order valence-corrected chi connectivity index (χ2v) is 3.38. The van der Waals surface area contributed by atoms with Crippen LogP contribution in [-0.4, -0.2) is 37.1 Å². The summed E-state index contributed by atoms with van der Waals surface area (Å²) in [7, 11) is 0. The average Bonchev–Trinajstić information content (AvgIpc) is 2.65. The lowest BCUT2D eigenvalue weighted by atomic mass is 10.3. The van der Waals surface area contributed by atoms with E-state index in [1.807, 2.05) is 0 Å². The lowest BCUT2D eigenvalue weighted by Crippen LogP contribution is -2.40. The molecule has 0 unspecified atom stereocenters. The first kappa shape index (κ1) is 9.55. The lowest BCUT2D eigenvalue weighted by Gasteiger charge is -2.25. The van der Waals surface area contributed by atoms with Gasteiger partial charge in [0, 0.05) is 13.1 Å². The third-order valence-corrected chi connectivity index (χ3v) is 2.29. The Hall–Kier alpha value is -1.00. The highest BCUT2D eigenvalue weighted by molar-refractivity contribution is 6.29. The highest BCUT2D eigenvalue weighted by Gasteiger charge is 2.20. The SMILES string of the molecule is O=C(c1ccc(Cl)o1)N1CCOCC1. The van der Waals surface area contributed by atoms with Crippen LogP contribution in [0.15, 0.2) is 16.5 Å². The smallest absolute Gasteiger partial charge is 0.289 e. The van der Waals surface area contributed by atoms with E-state index in [2.05, 4.69) is 0 Å². The first-order valence-corrected chi connectivity index (χ1v) is 4.77. The van der Waals surface area contributed by atoms with E-state index in [1.165, 1.54) is 0 Å². The fraction of sp³-hybridized carbons (Fsp3) is 0.444. The van der Waals surface area contributed by atoms with Crippen molar-refractivity contribution in [1.82, 2.24) is 4.90 Å². The molecular formula is C9H10ClNO3. The van der Waals surface area contributed by atoms with Crippen LogP contribution in [0.4, 0.5) is 0 Å². The molecule has 1 fully saturated rings. The van der Waals surface area contributed by atoms with Crippen molar-refractivity contribution < 1.29 is 13.9 Å². The van der Waals surface area contributed by atoms with Gasteiger partial charge in [0.15, 0.2) is 11.0 Å². The van der Waals surface area contributed by atoms with Gasteiger partial charge in [0.1, 0.15) is 0 Å². The van der Waals surface area contributed by atoms with Crippen LogP contribution in [0.2, 0.25) is 5.22 Å². The minimum atomic E-state index is -0.125. The van der Waals surface area contributed by atoms with Crippen LogP contribution < -0.4 is 0 Å². The zero-order chi connectivity index (χ0) is 9.97. The van der Waals surface area contributed by atoms with Crippen LogP contribution >= 0.6 is 11.6 Å². The van der Waals surface area contributed by atoms with Crippen molar-refractivity contribution in [3.63, 3.8) is 0 Å². The summed E-state index contributed by atoms with van der Waals surface area (Å²) < 4.78 is 10.2. The Balaban J connectivity index is 2.07. The Morgan fingerprint density at radius 1 is 1.36 bits per heavy atom. The van der Waals surface area contributed by atoms with Crippen molar-refractivity contribution in [2.24, 2.45) is 0 Å². The van der Waals surface area contributed by atoms with E-state index in [-0.39, 0.29) is 16.9 Å². The Labute approximate surface area is 86.4 Å². The maximum absolute atomic E-state index is 11.7. The molecule has 0 radical (unpaired) electrons. The van der Waals surface area contributed by atoms with Gasteiger partial charge in [-0.15, -0.1) is 0 Å². The van der Waals surface area contributed by atoms with Gasteiger partial charge in [0.25, 0.3) is 5.91 Å². The molecule has 0 saturated carbocycles. The molecule has 1 aromatic heterocycles. The average molecular weight is 216 g/mol. The normalized spacial score (nSPS) is 17.1. The minimum absolute atomic E-state index is 0.125. The summed E-state index contributed by atoms with van der Waals surface area (Å²) in [4.78, 5) is 13.4. The summed E-state index contributed by atoms with van der Waals surface area (Å²) in [6, 6.07) is 3.15. The molecule has 0 aromatic carbocycles. The predicted octanol–water partition coefficient (Wildman–Crippen LogP) is 1.41. The summed E-state index contributed by atoms with van der Waals surface area (Å²) in [5.74, 6) is 0.164. The van der Waals surface area contributed by atoms with Crippen molar-refractivity contribution in [2.75, 3.05) is 26.3 Å². The van der Waals surface area contributed by atoms with Gasteiger partial charge >= 0.3 is 0 Å². The second kappa shape index (κ2) is 4.02. The Bertz CT molecular complexity index is 331. The largest absolute Gasteiger partial charge is 0.440 e. The molecule has 0 N–H and O–H groups in total. The highest BCUT2D eigenvalue weighted by atomic mass is 35.5. The number of carbonyl (C=O) groups is 1. The quantitative estimate of drug-likeness (QED) is 0.711. The van der Waals surface area contributed by atoms with Crippen LogP contribution in [0.25, 0.3) is 0 Å². The van der Waals surface area contributed by atoms with Gasteiger partial charge in [-0.1, -0.05) is 0 Å². The number of rotatable bonds is 1. The van der Waals surface area contributed by atoms with Crippen LogP contribution in [0, 0.1) is 0 Å². The number of carbonyl (C=O) groups excluding carboxylic acids is 1. The standard InChI is InChI=1S/C9H10ClNO3/c10-8-2-1-7(14-8)9(12)11-3-5-13-6-4-11/h1-2H,3-6H2. The van der Waals surface area contributed by atoms with Crippen LogP contribution in [0.1, 0.15) is 10.6 Å². The van der Waals surface area contributed by atoms with E-state index >= 15 is 0 Å². The number of nitrogens with zero attached hydrogens (tertiary/aromatic N) is 1. The number of hydrogen-bond acceptors (Lipinski definition) is 3. The molecule has 2 rings (SSSR count). The number of amides is 1. The molecule has 2 heterocycles. The van der Waals surface area contributed by atoms with E-state index in [0.29, 0.717) is 26.3 Å². The molecule has 14 heavy (non-hydrogen) atoms. The number of halogens is 1. The van der Waals surface area contributed by atoms with Gasteiger partial charge in [0.2, 0.25) is 0 Å². The maximum Gasteiger partial charge on any atom is 0.289 e. The predicted molar refractivity (Wildman–Crippen MR) is 50.4 cm³/mol. The Kier molecular flexibility index (Phi) is 2.74. The Morgan fingerprint density at radius 2 is 2.07 bits per heavy atom. The summed E-state index contributed by atoms with van der Waals surface area (Å²) in [5.41, 5.74) is 0. The van der Waals surface area contributed by atoms with Gasteiger partial charge in [-0.25, -0.2) is 0 Å². The van der Waals surface area contributed by atoms with E-state index in [1.54, 1.807) is 17.0 Å². The maximum atomic E-state index is 11.7. The van der Waals surface area contributed by atoms with Crippen molar-refractivity contribution in [3.8, 4) is 0 Å². The van der Waals surface area contributed by atoms with Crippen molar-refractivity contribution in [1.29, 1.82) is 0 Å². The molecule has 0 spiro atoms.